The summed E-state index contributed by atoms with van der Waals surface area (Å²) in [5.74, 6) is 2.39. The zero-order valence-corrected chi connectivity index (χ0v) is 16.6. The first-order valence-electron chi connectivity index (χ1n) is 10.2. The molecule has 2 atom stereocenters. The maximum atomic E-state index is 12.7. The van der Waals surface area contributed by atoms with Gasteiger partial charge in [-0.1, -0.05) is 19.9 Å². The second kappa shape index (κ2) is 7.82. The topological polar surface area (TPSA) is 56.6 Å². The Balaban J connectivity index is 1.48. The van der Waals surface area contributed by atoms with Crippen LogP contribution in [0, 0.1) is 11.8 Å². The Labute approximate surface area is 168 Å². The Kier molecular flexibility index (Phi) is 5.38. The molecule has 0 saturated heterocycles. The zero-order chi connectivity index (χ0) is 20.6. The molecule has 1 aromatic heterocycles. The van der Waals surface area contributed by atoms with E-state index in [2.05, 4.69) is 40.6 Å². The predicted molar refractivity (Wildman–Crippen MR) is 105 cm³/mol. The number of aromatic amines is 1. The van der Waals surface area contributed by atoms with Crippen molar-refractivity contribution in [1.29, 1.82) is 0 Å². The van der Waals surface area contributed by atoms with Gasteiger partial charge in [0, 0.05) is 28.7 Å². The number of fused-ring (bicyclic) bond motifs is 1. The molecule has 0 bridgehead atoms. The zero-order valence-electron chi connectivity index (χ0n) is 16.6. The quantitative estimate of drug-likeness (QED) is 0.640. The van der Waals surface area contributed by atoms with E-state index in [0.29, 0.717) is 23.6 Å². The van der Waals surface area contributed by atoms with Crippen molar-refractivity contribution in [3.05, 3.63) is 41.7 Å². The molecule has 1 aliphatic heterocycles. The molecule has 2 aliphatic rings. The van der Waals surface area contributed by atoms with Crippen LogP contribution in [-0.2, 0) is 6.18 Å². The molecule has 2 unspecified atom stereocenters. The van der Waals surface area contributed by atoms with Crippen LogP contribution >= 0.6 is 0 Å². The fourth-order valence-corrected chi connectivity index (χ4v) is 4.10. The normalized spacial score (nSPS) is 26.9. The highest BCUT2D eigenvalue weighted by Crippen LogP contribution is 2.30. The van der Waals surface area contributed by atoms with Crippen LogP contribution in [0.3, 0.4) is 0 Å². The molecule has 4 rings (SSSR count). The van der Waals surface area contributed by atoms with Crippen LogP contribution in [0.15, 0.2) is 30.3 Å². The molecule has 0 radical (unpaired) electrons. The van der Waals surface area contributed by atoms with Crippen LogP contribution in [0.4, 0.5) is 24.8 Å². The smallest absolute Gasteiger partial charge is 0.302 e. The summed E-state index contributed by atoms with van der Waals surface area (Å²) >= 11 is 0. The molecule has 2 heterocycles. The second-order valence-electron chi connectivity index (χ2n) is 8.29. The van der Waals surface area contributed by atoms with Crippen LogP contribution in [0.25, 0.3) is 6.08 Å². The molecule has 5 nitrogen and oxygen atoms in total. The molecule has 2 aromatic rings. The van der Waals surface area contributed by atoms with E-state index in [1.165, 1.54) is 37.8 Å². The first-order valence-corrected chi connectivity index (χ1v) is 10.2. The molecule has 29 heavy (non-hydrogen) atoms. The minimum atomic E-state index is -4.34. The lowest BCUT2D eigenvalue weighted by Gasteiger charge is -2.31. The fraction of sp³-hybridized carbons (Fsp3) is 0.524. The van der Waals surface area contributed by atoms with E-state index < -0.39 is 11.7 Å². The molecule has 1 fully saturated rings. The van der Waals surface area contributed by atoms with E-state index in [9.17, 15) is 13.2 Å². The Bertz CT molecular complexity index is 863. The number of H-pyrrole nitrogens is 1. The van der Waals surface area contributed by atoms with Gasteiger partial charge in [0.25, 0.3) is 0 Å². The lowest BCUT2D eigenvalue weighted by molar-refractivity contribution is -0.787. The molecule has 0 amide bonds. The van der Waals surface area contributed by atoms with Crippen LogP contribution in [0.2, 0.25) is 0 Å². The van der Waals surface area contributed by atoms with Gasteiger partial charge < -0.3 is 5.32 Å². The van der Waals surface area contributed by atoms with Gasteiger partial charge in [-0.3, -0.25) is 5.32 Å². The number of aromatic nitrogens is 3. The average Bonchev–Trinajstić information content (AvgIpc) is 3.08. The maximum absolute atomic E-state index is 12.7. The SMILES string of the molecule is CC1CCC(NC2C(C)C=Cc3nc(Nc4ccc(C(F)(F)F)cc4)[nH][n+]32)CC1. The summed E-state index contributed by atoms with van der Waals surface area (Å²) in [6, 6.07) is 5.43. The van der Waals surface area contributed by atoms with Crippen LogP contribution < -0.4 is 15.3 Å². The van der Waals surface area contributed by atoms with Crippen molar-refractivity contribution in [2.75, 3.05) is 5.32 Å². The summed E-state index contributed by atoms with van der Waals surface area (Å²) in [6.45, 7) is 4.47. The van der Waals surface area contributed by atoms with Crippen molar-refractivity contribution in [3.8, 4) is 0 Å². The van der Waals surface area contributed by atoms with Crippen molar-refractivity contribution < 1.29 is 17.9 Å². The minimum Gasteiger partial charge on any atom is -0.302 e. The van der Waals surface area contributed by atoms with E-state index in [4.69, 9.17) is 0 Å². The van der Waals surface area contributed by atoms with Gasteiger partial charge in [0.1, 0.15) is 0 Å². The molecule has 1 aromatic carbocycles. The first-order chi connectivity index (χ1) is 13.8. The monoisotopic (exact) mass is 406 g/mol. The van der Waals surface area contributed by atoms with E-state index >= 15 is 0 Å². The molecule has 8 heteroatoms. The number of anilines is 2. The Hall–Kier alpha value is -2.35. The van der Waals surface area contributed by atoms with E-state index in [-0.39, 0.29) is 6.17 Å². The number of rotatable bonds is 4. The van der Waals surface area contributed by atoms with Crippen molar-refractivity contribution in [1.82, 2.24) is 15.4 Å². The van der Waals surface area contributed by atoms with Crippen molar-refractivity contribution in [2.24, 2.45) is 11.8 Å². The highest BCUT2D eigenvalue weighted by Gasteiger charge is 2.35. The van der Waals surface area contributed by atoms with Gasteiger partial charge in [-0.15, -0.1) is 4.68 Å². The summed E-state index contributed by atoms with van der Waals surface area (Å²) in [7, 11) is 0. The van der Waals surface area contributed by atoms with Crippen molar-refractivity contribution in [2.45, 2.75) is 57.9 Å². The predicted octanol–water partition coefficient (Wildman–Crippen LogP) is 4.79. The molecule has 156 valence electrons. The van der Waals surface area contributed by atoms with Gasteiger partial charge in [-0.25, -0.2) is 0 Å². The van der Waals surface area contributed by atoms with Crippen molar-refractivity contribution in [3.63, 3.8) is 0 Å². The van der Waals surface area contributed by atoms with Gasteiger partial charge in [0.05, 0.1) is 5.56 Å². The van der Waals surface area contributed by atoms with Gasteiger partial charge in [-0.05, 0) is 55.9 Å². The number of alkyl halides is 3. The summed E-state index contributed by atoms with van der Waals surface area (Å²) in [5, 5.41) is 10.1. The van der Waals surface area contributed by atoms with E-state index in [1.54, 1.807) is 0 Å². The molecule has 1 saturated carbocycles. The lowest BCUT2D eigenvalue weighted by atomic mass is 9.87. The van der Waals surface area contributed by atoms with Gasteiger partial charge in [0.15, 0.2) is 6.17 Å². The second-order valence-corrected chi connectivity index (χ2v) is 8.29. The Morgan fingerprint density at radius 3 is 2.41 bits per heavy atom. The molecule has 0 spiro atoms. The largest absolute Gasteiger partial charge is 0.416 e. The highest BCUT2D eigenvalue weighted by molar-refractivity contribution is 5.54. The third-order valence-electron chi connectivity index (χ3n) is 5.92. The average molecular weight is 406 g/mol. The highest BCUT2D eigenvalue weighted by atomic mass is 19.4. The summed E-state index contributed by atoms with van der Waals surface area (Å²) < 4.78 is 40.2. The van der Waals surface area contributed by atoms with Gasteiger partial charge in [0.2, 0.25) is 0 Å². The summed E-state index contributed by atoms with van der Waals surface area (Å²) in [5.41, 5.74) is -0.119. The standard InChI is InChI=1S/C21H26F3N5/c1-13-3-8-16(9-4-13)25-19-14(2)5-12-18-27-20(28-29(18)19)26-17-10-6-15(7-11-17)21(22,23)24/h5-7,10-14,16,19,25H,3-4,8-9H2,1-2H3,(H,26,28)/p+1. The third kappa shape index (κ3) is 4.47. The summed E-state index contributed by atoms with van der Waals surface area (Å²) in [4.78, 5) is 4.55. The molecular formula is C21H27F3N5+. The first kappa shape index (κ1) is 19.9. The molecular weight excluding hydrogens is 379 g/mol. The van der Waals surface area contributed by atoms with Crippen LogP contribution in [0.5, 0.6) is 0 Å². The van der Waals surface area contributed by atoms with Gasteiger partial charge >= 0.3 is 17.9 Å². The number of benzene rings is 1. The van der Waals surface area contributed by atoms with Crippen molar-refractivity contribution >= 4 is 17.7 Å². The Morgan fingerprint density at radius 2 is 1.76 bits per heavy atom. The third-order valence-corrected chi connectivity index (χ3v) is 5.92. The lowest BCUT2D eigenvalue weighted by Crippen LogP contribution is -2.57. The number of nitrogens with zero attached hydrogens (tertiary/aromatic N) is 2. The van der Waals surface area contributed by atoms with Crippen LogP contribution in [0.1, 0.15) is 57.1 Å². The minimum absolute atomic E-state index is 0.0732. The molecule has 3 N–H and O–H groups in total. The summed E-state index contributed by atoms with van der Waals surface area (Å²) in [6.07, 6.45) is 4.69. The van der Waals surface area contributed by atoms with Gasteiger partial charge in [-0.2, -0.15) is 18.3 Å². The fourth-order valence-electron chi connectivity index (χ4n) is 4.10. The number of hydrogen-bond donors (Lipinski definition) is 3. The number of halogens is 3. The van der Waals surface area contributed by atoms with E-state index in [1.807, 2.05) is 10.8 Å². The van der Waals surface area contributed by atoms with Crippen LogP contribution in [-0.4, -0.2) is 16.1 Å². The Morgan fingerprint density at radius 1 is 1.07 bits per heavy atom. The van der Waals surface area contributed by atoms with E-state index in [0.717, 1.165) is 23.9 Å². The number of nitrogens with one attached hydrogen (secondary N) is 3. The molecule has 1 aliphatic carbocycles. The number of hydrogen-bond acceptors (Lipinski definition) is 3. The maximum Gasteiger partial charge on any atom is 0.416 e.